The molecule has 0 aromatic heterocycles. The van der Waals surface area contributed by atoms with E-state index in [9.17, 15) is 9.90 Å². The molecule has 2 rings (SSSR count). The van der Waals surface area contributed by atoms with Gasteiger partial charge in [0.05, 0.1) is 0 Å². The van der Waals surface area contributed by atoms with Gasteiger partial charge in [-0.15, -0.1) is 0 Å². The van der Waals surface area contributed by atoms with Crippen LogP contribution in [0, 0.1) is 0 Å². The van der Waals surface area contributed by atoms with Crippen LogP contribution in [0.5, 0.6) is 5.75 Å². The second-order valence-corrected chi connectivity index (χ2v) is 4.44. The Kier molecular flexibility index (Phi) is 4.74. The molecule has 0 heterocycles. The third-order valence-electron chi connectivity index (χ3n) is 2.91. The maximum absolute atomic E-state index is 10.7. The summed E-state index contributed by atoms with van der Waals surface area (Å²) < 4.78 is 5.70. The zero-order valence-corrected chi connectivity index (χ0v) is 10.9. The maximum atomic E-state index is 10.7. The minimum atomic E-state index is -1.42. The lowest BCUT2D eigenvalue weighted by atomic mass is 10.1. The lowest BCUT2D eigenvalue weighted by molar-refractivity contribution is -0.146. The van der Waals surface area contributed by atoms with Gasteiger partial charge in [0.25, 0.3) is 0 Å². The van der Waals surface area contributed by atoms with Crippen molar-refractivity contribution in [1.29, 1.82) is 0 Å². The van der Waals surface area contributed by atoms with E-state index in [1.165, 1.54) is 0 Å². The van der Waals surface area contributed by atoms with Gasteiger partial charge in [0.15, 0.2) is 6.10 Å². The van der Waals surface area contributed by atoms with Crippen molar-refractivity contribution in [2.75, 3.05) is 0 Å². The van der Waals surface area contributed by atoms with Crippen LogP contribution < -0.4 is 4.74 Å². The first kappa shape index (κ1) is 14.1. The number of aliphatic hydroxyl groups excluding tert-OH is 1. The largest absolute Gasteiger partial charge is 0.489 e. The molecule has 0 fully saturated rings. The van der Waals surface area contributed by atoms with Crippen LogP contribution in [0.2, 0.25) is 0 Å². The van der Waals surface area contributed by atoms with Gasteiger partial charge in [-0.2, -0.15) is 0 Å². The van der Waals surface area contributed by atoms with Crippen molar-refractivity contribution in [3.05, 3.63) is 65.7 Å². The predicted molar refractivity (Wildman–Crippen MR) is 74.6 cm³/mol. The number of aliphatic carboxylic acids is 1. The van der Waals surface area contributed by atoms with Gasteiger partial charge in [-0.3, -0.25) is 0 Å². The molecule has 0 saturated heterocycles. The molecule has 0 aliphatic heterocycles. The second-order valence-electron chi connectivity index (χ2n) is 4.44. The van der Waals surface area contributed by atoms with Gasteiger partial charge in [0.2, 0.25) is 0 Å². The van der Waals surface area contributed by atoms with Gasteiger partial charge in [-0.05, 0) is 17.2 Å². The summed E-state index contributed by atoms with van der Waals surface area (Å²) in [6.07, 6.45) is -1.39. The zero-order chi connectivity index (χ0) is 14.4. The van der Waals surface area contributed by atoms with E-state index in [-0.39, 0.29) is 6.42 Å². The zero-order valence-electron chi connectivity index (χ0n) is 10.9. The van der Waals surface area contributed by atoms with Crippen LogP contribution in [0.4, 0.5) is 0 Å². The fourth-order valence-electron chi connectivity index (χ4n) is 1.84. The van der Waals surface area contributed by atoms with Crippen LogP contribution in [-0.2, 0) is 17.8 Å². The van der Waals surface area contributed by atoms with Crippen LogP contribution in [0.25, 0.3) is 0 Å². The Morgan fingerprint density at radius 1 is 1.05 bits per heavy atom. The molecule has 4 nitrogen and oxygen atoms in total. The Balaban J connectivity index is 2.06. The minimum absolute atomic E-state index is 0.0281. The topological polar surface area (TPSA) is 66.8 Å². The molecule has 0 amide bonds. The first-order chi connectivity index (χ1) is 9.66. The fourth-order valence-corrected chi connectivity index (χ4v) is 1.84. The molecular formula is C16H16O4. The van der Waals surface area contributed by atoms with Gasteiger partial charge in [-0.1, -0.05) is 48.5 Å². The maximum Gasteiger partial charge on any atom is 0.332 e. The Hall–Kier alpha value is -2.33. The van der Waals surface area contributed by atoms with Gasteiger partial charge in [-0.25, -0.2) is 4.79 Å². The first-order valence-corrected chi connectivity index (χ1v) is 6.32. The fraction of sp³-hybridized carbons (Fsp3) is 0.188. The van der Waals surface area contributed by atoms with Crippen LogP contribution in [0.1, 0.15) is 11.1 Å². The number of para-hydroxylation sites is 1. The van der Waals surface area contributed by atoms with Crippen molar-refractivity contribution >= 4 is 5.97 Å². The number of aliphatic hydroxyl groups is 1. The molecule has 20 heavy (non-hydrogen) atoms. The van der Waals surface area contributed by atoms with Crippen molar-refractivity contribution in [1.82, 2.24) is 0 Å². The number of carbonyl (C=O) groups is 1. The molecule has 0 spiro atoms. The molecule has 0 aliphatic carbocycles. The quantitative estimate of drug-likeness (QED) is 0.846. The molecule has 104 valence electrons. The molecule has 0 saturated carbocycles. The number of ether oxygens (including phenoxy) is 1. The number of carboxylic acids is 1. The number of rotatable bonds is 6. The highest BCUT2D eigenvalue weighted by Gasteiger charge is 2.16. The van der Waals surface area contributed by atoms with E-state index >= 15 is 0 Å². The van der Waals surface area contributed by atoms with Crippen LogP contribution in [-0.4, -0.2) is 22.3 Å². The van der Waals surface area contributed by atoms with Crippen LogP contribution in [0.15, 0.2) is 54.6 Å². The third-order valence-corrected chi connectivity index (χ3v) is 2.91. The molecule has 0 aliphatic rings. The van der Waals surface area contributed by atoms with Crippen molar-refractivity contribution in [3.63, 3.8) is 0 Å². The number of hydrogen-bond donors (Lipinski definition) is 2. The lowest BCUT2D eigenvalue weighted by Gasteiger charge is -2.12. The van der Waals surface area contributed by atoms with E-state index < -0.39 is 12.1 Å². The van der Waals surface area contributed by atoms with Crippen molar-refractivity contribution < 1.29 is 19.7 Å². The smallest absolute Gasteiger partial charge is 0.332 e. The molecular weight excluding hydrogens is 256 g/mol. The van der Waals surface area contributed by atoms with E-state index in [0.29, 0.717) is 17.9 Å². The highest BCUT2D eigenvalue weighted by atomic mass is 16.5. The first-order valence-electron chi connectivity index (χ1n) is 6.32. The molecule has 2 N–H and O–H groups in total. The summed E-state index contributed by atoms with van der Waals surface area (Å²) in [5.74, 6) is -0.639. The average Bonchev–Trinajstić information content (AvgIpc) is 2.47. The summed E-state index contributed by atoms with van der Waals surface area (Å²) in [5, 5.41) is 18.2. The lowest BCUT2D eigenvalue weighted by Crippen LogP contribution is -2.22. The molecule has 0 unspecified atom stereocenters. The van der Waals surface area contributed by atoms with E-state index in [1.54, 1.807) is 18.2 Å². The summed E-state index contributed by atoms with van der Waals surface area (Å²) in [7, 11) is 0. The van der Waals surface area contributed by atoms with E-state index in [4.69, 9.17) is 9.84 Å². The SMILES string of the molecule is O=C(O)[C@@H](O)Cc1ccccc1OCc1ccccc1. The Labute approximate surface area is 117 Å². The number of benzene rings is 2. The minimum Gasteiger partial charge on any atom is -0.489 e. The second kappa shape index (κ2) is 6.73. The summed E-state index contributed by atoms with van der Waals surface area (Å²) in [4.78, 5) is 10.7. The highest BCUT2D eigenvalue weighted by molar-refractivity contribution is 5.72. The van der Waals surface area contributed by atoms with Gasteiger partial charge in [0, 0.05) is 6.42 Å². The van der Waals surface area contributed by atoms with Crippen LogP contribution in [0.3, 0.4) is 0 Å². The molecule has 0 bridgehead atoms. The molecule has 4 heteroatoms. The number of carboxylic acid groups (broad SMARTS) is 1. The Bertz CT molecular complexity index is 566. The molecule has 2 aromatic carbocycles. The van der Waals surface area contributed by atoms with Crippen molar-refractivity contribution in [2.45, 2.75) is 19.1 Å². The Morgan fingerprint density at radius 2 is 1.70 bits per heavy atom. The van der Waals surface area contributed by atoms with Gasteiger partial charge >= 0.3 is 5.97 Å². The monoisotopic (exact) mass is 272 g/mol. The van der Waals surface area contributed by atoms with E-state index in [2.05, 4.69) is 0 Å². The standard InChI is InChI=1S/C16H16O4/c17-14(16(18)19)10-13-8-4-5-9-15(13)20-11-12-6-2-1-3-7-12/h1-9,14,17H,10-11H2,(H,18,19)/t14-/m0/s1. The number of hydrogen-bond acceptors (Lipinski definition) is 3. The van der Waals surface area contributed by atoms with E-state index in [1.807, 2.05) is 36.4 Å². The molecule has 2 aromatic rings. The summed E-state index contributed by atoms with van der Waals surface area (Å²) in [5.41, 5.74) is 1.71. The average molecular weight is 272 g/mol. The Morgan fingerprint density at radius 3 is 2.40 bits per heavy atom. The normalized spacial score (nSPS) is 11.8. The van der Waals surface area contributed by atoms with E-state index in [0.717, 1.165) is 5.56 Å². The van der Waals surface area contributed by atoms with Gasteiger partial charge in [0.1, 0.15) is 12.4 Å². The highest BCUT2D eigenvalue weighted by Crippen LogP contribution is 2.21. The molecule has 0 radical (unpaired) electrons. The molecule has 1 atom stereocenters. The summed E-state index contributed by atoms with van der Waals surface area (Å²) in [6.45, 7) is 0.404. The summed E-state index contributed by atoms with van der Waals surface area (Å²) >= 11 is 0. The summed E-state index contributed by atoms with van der Waals surface area (Å²) in [6, 6.07) is 16.8. The van der Waals surface area contributed by atoms with Crippen molar-refractivity contribution in [3.8, 4) is 5.75 Å². The van der Waals surface area contributed by atoms with Gasteiger partial charge < -0.3 is 14.9 Å². The van der Waals surface area contributed by atoms with Crippen molar-refractivity contribution in [2.24, 2.45) is 0 Å². The third kappa shape index (κ3) is 3.83. The van der Waals surface area contributed by atoms with Crippen LogP contribution >= 0.6 is 0 Å². The predicted octanol–water partition coefficient (Wildman–Crippen LogP) is 2.25.